The van der Waals surface area contributed by atoms with E-state index in [1.165, 1.54) is 0 Å². The minimum absolute atomic E-state index is 0.0169. The van der Waals surface area contributed by atoms with Gasteiger partial charge in [-0.3, -0.25) is 14.9 Å². The number of methoxy groups -OCH3 is 1. The Morgan fingerprint density at radius 2 is 2.25 bits per heavy atom. The number of carbonyl (C=O) groups excluding carboxylic acids is 1. The van der Waals surface area contributed by atoms with Crippen LogP contribution in [0.5, 0.6) is 0 Å². The molecule has 0 radical (unpaired) electrons. The highest BCUT2D eigenvalue weighted by atomic mass is 35.5. The van der Waals surface area contributed by atoms with Crippen LogP contribution in [0.3, 0.4) is 0 Å². The van der Waals surface area contributed by atoms with E-state index in [1.54, 1.807) is 0 Å². The molecule has 7 heteroatoms. The summed E-state index contributed by atoms with van der Waals surface area (Å²) in [4.78, 5) is 20.8. The number of hydrogen-bond donors (Lipinski definition) is 0. The summed E-state index contributed by atoms with van der Waals surface area (Å²) >= 11 is 5.45. The summed E-state index contributed by atoms with van der Waals surface area (Å²) in [5.74, 6) is -1.56. The summed E-state index contributed by atoms with van der Waals surface area (Å²) < 4.78 is 17.3. The third-order valence-electron chi connectivity index (χ3n) is 1.90. The lowest BCUT2D eigenvalue weighted by molar-refractivity contribution is -0.385. The molecule has 0 aliphatic carbocycles. The first-order valence-corrected chi connectivity index (χ1v) is 4.53. The van der Waals surface area contributed by atoms with E-state index in [0.29, 0.717) is 0 Å². The molecule has 0 saturated heterocycles. The van der Waals surface area contributed by atoms with E-state index in [1.807, 2.05) is 0 Å². The van der Waals surface area contributed by atoms with E-state index in [-0.39, 0.29) is 12.0 Å². The second-order valence-corrected chi connectivity index (χ2v) is 3.26. The van der Waals surface area contributed by atoms with Crippen molar-refractivity contribution >= 4 is 23.3 Å². The summed E-state index contributed by atoms with van der Waals surface area (Å²) in [6.07, 6.45) is -0.327. The first-order valence-electron chi connectivity index (χ1n) is 4.15. The van der Waals surface area contributed by atoms with Crippen molar-refractivity contribution in [3.8, 4) is 0 Å². The van der Waals surface area contributed by atoms with Gasteiger partial charge in [0.2, 0.25) is 0 Å². The molecule has 0 aromatic heterocycles. The molecule has 0 aliphatic rings. The predicted molar refractivity (Wildman–Crippen MR) is 53.8 cm³/mol. The van der Waals surface area contributed by atoms with Crippen molar-refractivity contribution in [3.05, 3.63) is 38.7 Å². The first-order chi connectivity index (χ1) is 7.47. The Bertz CT molecular complexity index is 449. The Morgan fingerprint density at radius 1 is 1.62 bits per heavy atom. The van der Waals surface area contributed by atoms with Crippen LogP contribution in [-0.4, -0.2) is 18.0 Å². The number of nitrogens with zero attached hydrogens (tertiary/aromatic N) is 1. The van der Waals surface area contributed by atoms with Crippen molar-refractivity contribution in [2.75, 3.05) is 7.11 Å². The van der Waals surface area contributed by atoms with Gasteiger partial charge in [0, 0.05) is 5.56 Å². The zero-order valence-electron chi connectivity index (χ0n) is 8.20. The minimum Gasteiger partial charge on any atom is -0.469 e. The number of benzene rings is 1. The van der Waals surface area contributed by atoms with Gasteiger partial charge >= 0.3 is 5.97 Å². The van der Waals surface area contributed by atoms with E-state index in [9.17, 15) is 19.3 Å². The molecule has 16 heavy (non-hydrogen) atoms. The van der Waals surface area contributed by atoms with E-state index in [0.717, 1.165) is 19.2 Å². The highest BCUT2D eigenvalue weighted by Gasteiger charge is 2.23. The molecule has 0 heterocycles. The topological polar surface area (TPSA) is 69.4 Å². The molecule has 0 amide bonds. The van der Waals surface area contributed by atoms with Gasteiger partial charge in [-0.05, 0) is 12.1 Å². The summed E-state index contributed by atoms with van der Waals surface area (Å²) in [5.41, 5.74) is -0.588. The first kappa shape index (κ1) is 12.4. The maximum absolute atomic E-state index is 13.0. The predicted octanol–water partition coefficient (Wildman–Crippen LogP) is 2.10. The average molecular weight is 248 g/mol. The number of halogens is 2. The average Bonchev–Trinajstić information content (AvgIpc) is 2.23. The number of nitro benzene ring substituents is 1. The van der Waals surface area contributed by atoms with Crippen molar-refractivity contribution < 1.29 is 18.8 Å². The zero-order valence-corrected chi connectivity index (χ0v) is 8.95. The molecular formula is C9H7ClFNO4. The van der Waals surface area contributed by atoms with Crippen molar-refractivity contribution in [2.45, 2.75) is 6.42 Å². The molecule has 1 aromatic carbocycles. The van der Waals surface area contributed by atoms with Crippen LogP contribution < -0.4 is 0 Å². The second kappa shape index (κ2) is 4.89. The van der Waals surface area contributed by atoms with E-state index < -0.39 is 27.4 Å². The summed E-state index contributed by atoms with van der Waals surface area (Å²) in [6.45, 7) is 0. The number of rotatable bonds is 3. The fourth-order valence-electron chi connectivity index (χ4n) is 1.15. The summed E-state index contributed by atoms with van der Waals surface area (Å²) in [5, 5.41) is 10.1. The Morgan fingerprint density at radius 3 is 2.75 bits per heavy atom. The Balaban J connectivity index is 3.23. The maximum Gasteiger partial charge on any atom is 0.310 e. The molecule has 0 N–H and O–H groups in total. The molecule has 1 rings (SSSR count). The monoisotopic (exact) mass is 247 g/mol. The zero-order chi connectivity index (χ0) is 12.3. The molecule has 86 valence electrons. The van der Waals surface area contributed by atoms with Gasteiger partial charge in [-0.25, -0.2) is 4.39 Å². The third kappa shape index (κ3) is 2.46. The Kier molecular flexibility index (Phi) is 3.78. The van der Waals surface area contributed by atoms with Crippen LogP contribution in [0.15, 0.2) is 12.1 Å². The Hall–Kier alpha value is -1.69. The van der Waals surface area contributed by atoms with E-state index in [4.69, 9.17) is 11.6 Å². The molecular weight excluding hydrogens is 241 g/mol. The van der Waals surface area contributed by atoms with Gasteiger partial charge in [-0.2, -0.15) is 0 Å². The number of ether oxygens (including phenoxy) is 1. The van der Waals surface area contributed by atoms with Crippen molar-refractivity contribution in [3.63, 3.8) is 0 Å². The van der Waals surface area contributed by atoms with Crippen LogP contribution in [0.2, 0.25) is 5.02 Å². The fourth-order valence-corrected chi connectivity index (χ4v) is 1.40. The van der Waals surface area contributed by atoms with Crippen LogP contribution in [-0.2, 0) is 16.0 Å². The normalized spacial score (nSPS) is 9.94. The third-order valence-corrected chi connectivity index (χ3v) is 2.26. The van der Waals surface area contributed by atoms with Crippen molar-refractivity contribution in [2.24, 2.45) is 0 Å². The number of nitro groups is 1. The van der Waals surface area contributed by atoms with Crippen LogP contribution in [0, 0.1) is 15.9 Å². The standard InChI is InChI=1S/C9H7ClFNO4/c1-16-7(13)4-5-2-3-6(11)8(10)9(5)12(14)15/h2-3H,4H2,1H3. The largest absolute Gasteiger partial charge is 0.469 e. The van der Waals surface area contributed by atoms with Crippen LogP contribution in [0.4, 0.5) is 10.1 Å². The maximum atomic E-state index is 13.0. The Labute approximate surface area is 94.9 Å². The molecule has 0 spiro atoms. The van der Waals surface area contributed by atoms with Crippen LogP contribution in [0.25, 0.3) is 0 Å². The molecule has 5 nitrogen and oxygen atoms in total. The quantitative estimate of drug-likeness (QED) is 0.466. The summed E-state index contributed by atoms with van der Waals surface area (Å²) in [7, 11) is 1.15. The fraction of sp³-hybridized carbons (Fsp3) is 0.222. The highest BCUT2D eigenvalue weighted by molar-refractivity contribution is 6.33. The minimum atomic E-state index is -0.901. The van der Waals surface area contributed by atoms with Crippen molar-refractivity contribution in [1.29, 1.82) is 0 Å². The van der Waals surface area contributed by atoms with Crippen molar-refractivity contribution in [1.82, 2.24) is 0 Å². The van der Waals surface area contributed by atoms with Gasteiger partial charge < -0.3 is 4.74 Å². The van der Waals surface area contributed by atoms with Crippen LogP contribution in [0.1, 0.15) is 5.56 Å². The molecule has 0 saturated carbocycles. The van der Waals surface area contributed by atoms with E-state index >= 15 is 0 Å². The lowest BCUT2D eigenvalue weighted by atomic mass is 10.1. The highest BCUT2D eigenvalue weighted by Crippen LogP contribution is 2.31. The lowest BCUT2D eigenvalue weighted by Gasteiger charge is -2.03. The summed E-state index contributed by atoms with van der Waals surface area (Å²) in [6, 6.07) is 2.10. The number of carbonyl (C=O) groups is 1. The van der Waals surface area contributed by atoms with Gasteiger partial charge in [0.05, 0.1) is 18.5 Å². The molecule has 0 atom stereocenters. The molecule has 0 bridgehead atoms. The van der Waals surface area contributed by atoms with Gasteiger partial charge in [0.1, 0.15) is 5.82 Å². The smallest absolute Gasteiger partial charge is 0.310 e. The number of esters is 1. The lowest BCUT2D eigenvalue weighted by Crippen LogP contribution is -2.07. The molecule has 1 aromatic rings. The van der Waals surface area contributed by atoms with Gasteiger partial charge in [0.25, 0.3) is 5.69 Å². The van der Waals surface area contributed by atoms with Gasteiger partial charge in [0.15, 0.2) is 5.02 Å². The van der Waals surface area contributed by atoms with Crippen LogP contribution >= 0.6 is 11.6 Å². The van der Waals surface area contributed by atoms with Gasteiger partial charge in [-0.1, -0.05) is 11.6 Å². The number of hydrogen-bond acceptors (Lipinski definition) is 4. The van der Waals surface area contributed by atoms with Gasteiger partial charge in [-0.15, -0.1) is 0 Å². The second-order valence-electron chi connectivity index (χ2n) is 2.88. The molecule has 0 fully saturated rings. The van der Waals surface area contributed by atoms with E-state index in [2.05, 4.69) is 4.74 Å². The molecule has 0 aliphatic heterocycles. The SMILES string of the molecule is COC(=O)Cc1ccc(F)c(Cl)c1[N+](=O)[O-]. The molecule has 0 unspecified atom stereocenters.